The lowest BCUT2D eigenvalue weighted by Gasteiger charge is -2.16. The van der Waals surface area contributed by atoms with Crippen LogP contribution in [0.3, 0.4) is 0 Å². The molecule has 0 saturated heterocycles. The molecule has 0 aromatic carbocycles. The maximum absolute atomic E-state index is 8.94. The minimum Gasteiger partial charge on any atom is -0.396 e. The van der Waals surface area contributed by atoms with E-state index < -0.39 is 0 Å². The Morgan fingerprint density at radius 1 is 0.412 bits per heavy atom. The zero-order valence-corrected chi connectivity index (χ0v) is 25.1. The van der Waals surface area contributed by atoms with Crippen molar-refractivity contribution < 1.29 is 10.2 Å². The molecule has 34 heavy (non-hydrogen) atoms. The molecule has 0 radical (unpaired) electrons. The van der Waals surface area contributed by atoms with Gasteiger partial charge in [-0.25, -0.2) is 0 Å². The number of rotatable bonds is 22. The molecule has 2 nitrogen and oxygen atoms in total. The van der Waals surface area contributed by atoms with Gasteiger partial charge in [0.1, 0.15) is 0 Å². The minimum atomic E-state index is 0.357. The Kier molecular flexibility index (Phi) is 27.6. The van der Waals surface area contributed by atoms with E-state index in [1.165, 1.54) is 89.9 Å². The molecule has 0 aliphatic heterocycles. The Bertz CT molecular complexity index is 379. The third kappa shape index (κ3) is 28.2. The fourth-order valence-corrected chi connectivity index (χ4v) is 4.93. The first-order chi connectivity index (χ1) is 16.2. The maximum Gasteiger partial charge on any atom is 0.0433 e. The highest BCUT2D eigenvalue weighted by Crippen LogP contribution is 2.22. The molecule has 4 unspecified atom stereocenters. The van der Waals surface area contributed by atoms with E-state index in [1.54, 1.807) is 0 Å². The van der Waals surface area contributed by atoms with Crippen molar-refractivity contribution in [3.05, 3.63) is 0 Å². The van der Waals surface area contributed by atoms with Gasteiger partial charge < -0.3 is 10.2 Å². The van der Waals surface area contributed by atoms with Gasteiger partial charge in [-0.1, -0.05) is 139 Å². The van der Waals surface area contributed by atoms with Crippen LogP contribution in [0.1, 0.15) is 158 Å². The van der Waals surface area contributed by atoms with Crippen molar-refractivity contribution in [2.24, 2.45) is 35.5 Å². The first kappa shape index (κ1) is 36.1. The van der Waals surface area contributed by atoms with Crippen LogP contribution in [-0.2, 0) is 0 Å². The zero-order chi connectivity index (χ0) is 26.2. The van der Waals surface area contributed by atoms with Crippen molar-refractivity contribution >= 4 is 0 Å². The zero-order valence-electron chi connectivity index (χ0n) is 25.1. The van der Waals surface area contributed by atoms with E-state index in [-0.39, 0.29) is 0 Å². The Balaban J connectivity index is 0. The largest absolute Gasteiger partial charge is 0.396 e. The van der Waals surface area contributed by atoms with Gasteiger partial charge >= 0.3 is 0 Å². The van der Waals surface area contributed by atoms with Gasteiger partial charge in [0.05, 0.1) is 0 Å². The predicted octanol–water partition coefficient (Wildman–Crippen LogP) is 10.1. The fraction of sp³-hybridized carbons (Fsp3) is 1.00. The van der Waals surface area contributed by atoms with E-state index in [9.17, 15) is 0 Å². The average Bonchev–Trinajstić information content (AvgIpc) is 2.77. The highest BCUT2D eigenvalue weighted by Gasteiger charge is 2.08. The monoisotopic (exact) mass is 485 g/mol. The molecular weight excluding hydrogens is 416 g/mol. The highest BCUT2D eigenvalue weighted by molar-refractivity contribution is 4.61. The van der Waals surface area contributed by atoms with Gasteiger partial charge in [-0.2, -0.15) is 0 Å². The van der Waals surface area contributed by atoms with Crippen LogP contribution in [0.5, 0.6) is 0 Å². The summed E-state index contributed by atoms with van der Waals surface area (Å²) < 4.78 is 0. The third-order valence-electron chi connectivity index (χ3n) is 7.63. The van der Waals surface area contributed by atoms with E-state index in [1.807, 2.05) is 0 Å². The Morgan fingerprint density at radius 3 is 1.09 bits per heavy atom. The summed E-state index contributed by atoms with van der Waals surface area (Å²) >= 11 is 0. The van der Waals surface area contributed by atoms with Gasteiger partial charge in [0.25, 0.3) is 0 Å². The minimum absolute atomic E-state index is 0.357. The Hall–Kier alpha value is -0.0800. The predicted molar refractivity (Wildman–Crippen MR) is 154 cm³/mol. The molecule has 0 aromatic rings. The molecule has 0 rings (SSSR count). The topological polar surface area (TPSA) is 40.5 Å². The van der Waals surface area contributed by atoms with Crippen LogP contribution in [0.2, 0.25) is 0 Å². The molecular formula is C32H68O2. The van der Waals surface area contributed by atoms with Gasteiger partial charge in [0.2, 0.25) is 0 Å². The van der Waals surface area contributed by atoms with Crippen LogP contribution in [0.15, 0.2) is 0 Å². The highest BCUT2D eigenvalue weighted by atomic mass is 16.3. The molecule has 0 aliphatic carbocycles. The SMILES string of the molecule is CC(C)CCCC(C)CCCC(C)CCCO.CCC(CCO)CCCC(C)CCCC(C)C. The van der Waals surface area contributed by atoms with Crippen LogP contribution in [0.25, 0.3) is 0 Å². The van der Waals surface area contributed by atoms with Crippen LogP contribution < -0.4 is 0 Å². The smallest absolute Gasteiger partial charge is 0.0433 e. The number of aliphatic hydroxyl groups is 2. The van der Waals surface area contributed by atoms with Crippen molar-refractivity contribution in [2.75, 3.05) is 13.2 Å². The van der Waals surface area contributed by atoms with Crippen LogP contribution in [0, 0.1) is 35.5 Å². The summed E-state index contributed by atoms with van der Waals surface area (Å²) in [6.07, 6.45) is 20.9. The van der Waals surface area contributed by atoms with Crippen LogP contribution >= 0.6 is 0 Å². The van der Waals surface area contributed by atoms with Gasteiger partial charge in [0, 0.05) is 13.2 Å². The quantitative estimate of drug-likeness (QED) is 0.160. The van der Waals surface area contributed by atoms with Crippen molar-refractivity contribution in [1.82, 2.24) is 0 Å². The van der Waals surface area contributed by atoms with E-state index in [0.29, 0.717) is 13.2 Å². The molecule has 0 aromatic heterocycles. The van der Waals surface area contributed by atoms with Crippen molar-refractivity contribution in [3.8, 4) is 0 Å². The van der Waals surface area contributed by atoms with Crippen LogP contribution in [0.4, 0.5) is 0 Å². The van der Waals surface area contributed by atoms with Gasteiger partial charge in [-0.3, -0.25) is 0 Å². The summed E-state index contributed by atoms with van der Waals surface area (Å²) in [6.45, 7) is 19.3. The number of hydrogen-bond donors (Lipinski definition) is 2. The summed E-state index contributed by atoms with van der Waals surface area (Å²) in [7, 11) is 0. The normalized spacial score (nSPS) is 15.2. The molecule has 4 atom stereocenters. The summed E-state index contributed by atoms with van der Waals surface area (Å²) in [5.41, 5.74) is 0. The van der Waals surface area contributed by atoms with E-state index in [0.717, 1.165) is 48.3 Å². The molecule has 0 spiro atoms. The summed E-state index contributed by atoms with van der Waals surface area (Å²) in [6, 6.07) is 0. The molecule has 2 N–H and O–H groups in total. The first-order valence-electron chi connectivity index (χ1n) is 15.4. The fourth-order valence-electron chi connectivity index (χ4n) is 4.93. The van der Waals surface area contributed by atoms with E-state index in [2.05, 4.69) is 55.4 Å². The average molecular weight is 485 g/mol. The molecule has 0 amide bonds. The summed E-state index contributed by atoms with van der Waals surface area (Å²) in [5, 5.41) is 17.7. The van der Waals surface area contributed by atoms with E-state index in [4.69, 9.17) is 10.2 Å². The molecule has 0 fully saturated rings. The number of hydrogen-bond acceptors (Lipinski definition) is 2. The second-order valence-electron chi connectivity index (χ2n) is 12.5. The van der Waals surface area contributed by atoms with Crippen LogP contribution in [-0.4, -0.2) is 23.4 Å². The Labute approximate surface area is 217 Å². The third-order valence-corrected chi connectivity index (χ3v) is 7.63. The molecule has 0 bridgehead atoms. The second-order valence-corrected chi connectivity index (χ2v) is 12.5. The molecule has 0 saturated carbocycles. The summed E-state index contributed by atoms with van der Waals surface area (Å²) in [4.78, 5) is 0. The van der Waals surface area contributed by atoms with Gasteiger partial charge in [-0.15, -0.1) is 0 Å². The summed E-state index contributed by atoms with van der Waals surface area (Å²) in [5.74, 6) is 5.06. The van der Waals surface area contributed by atoms with Crippen molar-refractivity contribution in [3.63, 3.8) is 0 Å². The maximum atomic E-state index is 8.94. The standard InChI is InChI=1S/2C16H34O/c1-14(2)8-5-9-15(3)10-6-11-16(4)12-7-13-17;1-5-16(12-13-17)11-7-10-15(4)9-6-8-14(2)3/h2*14-17H,5-13H2,1-4H3. The lowest BCUT2D eigenvalue weighted by molar-refractivity contribution is 0.245. The second kappa shape index (κ2) is 26.0. The molecule has 208 valence electrons. The molecule has 2 heteroatoms. The van der Waals surface area contributed by atoms with Crippen molar-refractivity contribution in [1.29, 1.82) is 0 Å². The number of aliphatic hydroxyl groups excluding tert-OH is 2. The van der Waals surface area contributed by atoms with Gasteiger partial charge in [0.15, 0.2) is 0 Å². The lowest BCUT2D eigenvalue weighted by atomic mass is 9.91. The van der Waals surface area contributed by atoms with Gasteiger partial charge in [-0.05, 0) is 54.8 Å². The Morgan fingerprint density at radius 2 is 0.765 bits per heavy atom. The van der Waals surface area contributed by atoms with Crippen molar-refractivity contribution in [2.45, 2.75) is 158 Å². The molecule has 0 aliphatic rings. The lowest BCUT2D eigenvalue weighted by Crippen LogP contribution is -2.03. The molecule has 0 heterocycles. The first-order valence-corrected chi connectivity index (χ1v) is 15.4. The van der Waals surface area contributed by atoms with E-state index >= 15 is 0 Å².